The number of carbonyl (C=O) groups is 1. The van der Waals surface area contributed by atoms with Gasteiger partial charge in [-0.3, -0.25) is 14.2 Å². The predicted molar refractivity (Wildman–Crippen MR) is 83.2 cm³/mol. The second-order valence-electron chi connectivity index (χ2n) is 4.29. The molecule has 3 aromatic rings. The maximum absolute atomic E-state index is 12.1. The number of halogens is 1. The number of hydrogen-bond donors (Lipinski definition) is 0. The van der Waals surface area contributed by atoms with Crippen molar-refractivity contribution in [3.8, 4) is 0 Å². The van der Waals surface area contributed by atoms with Crippen LogP contribution in [0.4, 0.5) is 0 Å². The third-order valence-corrected chi connectivity index (χ3v) is 4.69. The zero-order valence-electron chi connectivity index (χ0n) is 11.1. The molecule has 0 aliphatic carbocycles. The molecule has 0 saturated carbocycles. The molecule has 3 heterocycles. The summed E-state index contributed by atoms with van der Waals surface area (Å²) in [6.07, 6.45) is 1.50. The van der Waals surface area contributed by atoms with E-state index in [4.69, 9.17) is 16.3 Å². The van der Waals surface area contributed by atoms with Crippen molar-refractivity contribution in [3.05, 3.63) is 38.2 Å². The lowest BCUT2D eigenvalue weighted by Crippen LogP contribution is -2.21. The zero-order chi connectivity index (χ0) is 15.5. The van der Waals surface area contributed by atoms with Gasteiger partial charge in [0, 0.05) is 18.1 Å². The lowest BCUT2D eigenvalue weighted by molar-refractivity contribution is -0.145. The summed E-state index contributed by atoms with van der Waals surface area (Å²) in [5, 5.41) is 6.11. The highest BCUT2D eigenvalue weighted by Gasteiger charge is 2.11. The highest BCUT2D eigenvalue weighted by atomic mass is 35.5. The average Bonchev–Trinajstić information content (AvgIpc) is 3.13. The van der Waals surface area contributed by atoms with Gasteiger partial charge in [0.25, 0.3) is 5.56 Å². The van der Waals surface area contributed by atoms with Crippen LogP contribution in [0.15, 0.2) is 22.6 Å². The molecule has 3 aromatic heterocycles. The van der Waals surface area contributed by atoms with Crippen molar-refractivity contribution in [2.75, 3.05) is 0 Å². The standard InChI is InChI=1S/C12H9ClN4O3S2/c13-10-8(15-16-22-10)5-20-9(18)1-3-17-6-14-11-7(12(17)19)2-4-21-11/h2,4,6H,1,3,5H2. The first-order chi connectivity index (χ1) is 10.6. The van der Waals surface area contributed by atoms with Crippen molar-refractivity contribution in [3.63, 3.8) is 0 Å². The van der Waals surface area contributed by atoms with Gasteiger partial charge in [-0.1, -0.05) is 16.1 Å². The van der Waals surface area contributed by atoms with Crippen molar-refractivity contribution in [2.45, 2.75) is 19.6 Å². The van der Waals surface area contributed by atoms with E-state index in [0.717, 1.165) is 11.5 Å². The van der Waals surface area contributed by atoms with E-state index in [-0.39, 0.29) is 25.1 Å². The minimum atomic E-state index is -0.443. The van der Waals surface area contributed by atoms with E-state index < -0.39 is 5.97 Å². The van der Waals surface area contributed by atoms with E-state index in [9.17, 15) is 9.59 Å². The first-order valence-electron chi connectivity index (χ1n) is 6.20. The number of nitrogens with zero attached hydrogens (tertiary/aromatic N) is 4. The molecule has 0 saturated heterocycles. The van der Waals surface area contributed by atoms with Crippen molar-refractivity contribution >= 4 is 50.7 Å². The van der Waals surface area contributed by atoms with Gasteiger partial charge in [-0.05, 0) is 11.4 Å². The fraction of sp³-hybridized carbons (Fsp3) is 0.250. The summed E-state index contributed by atoms with van der Waals surface area (Å²) in [5.74, 6) is -0.443. The van der Waals surface area contributed by atoms with Gasteiger partial charge in [-0.2, -0.15) is 0 Å². The molecular weight excluding hydrogens is 348 g/mol. The smallest absolute Gasteiger partial charge is 0.307 e. The van der Waals surface area contributed by atoms with Crippen LogP contribution >= 0.6 is 34.5 Å². The number of carbonyl (C=O) groups excluding carboxylic acids is 1. The highest BCUT2D eigenvalue weighted by Crippen LogP contribution is 2.18. The predicted octanol–water partition coefficient (Wildman–Crippen LogP) is 2.10. The molecule has 3 rings (SSSR count). The normalized spacial score (nSPS) is 11.0. The number of esters is 1. The Labute approximate surface area is 137 Å². The Bertz CT molecular complexity index is 873. The summed E-state index contributed by atoms with van der Waals surface area (Å²) in [6.45, 7) is 0.185. The van der Waals surface area contributed by atoms with Crippen molar-refractivity contribution in [2.24, 2.45) is 0 Å². The van der Waals surface area contributed by atoms with Gasteiger partial charge in [-0.25, -0.2) is 4.98 Å². The Balaban J connectivity index is 1.59. The molecule has 0 atom stereocenters. The molecule has 22 heavy (non-hydrogen) atoms. The first-order valence-corrected chi connectivity index (χ1v) is 8.23. The van der Waals surface area contributed by atoms with Crippen LogP contribution in [-0.4, -0.2) is 25.1 Å². The van der Waals surface area contributed by atoms with Gasteiger partial charge in [0.2, 0.25) is 0 Å². The minimum absolute atomic E-state index is 0.0229. The van der Waals surface area contributed by atoms with E-state index in [1.165, 1.54) is 22.2 Å². The van der Waals surface area contributed by atoms with E-state index in [2.05, 4.69) is 14.6 Å². The summed E-state index contributed by atoms with van der Waals surface area (Å²) in [5.41, 5.74) is 0.268. The van der Waals surface area contributed by atoms with E-state index in [1.54, 1.807) is 6.07 Å². The molecule has 0 bridgehead atoms. The Hall–Kier alpha value is -1.84. The molecule has 0 fully saturated rings. The monoisotopic (exact) mass is 356 g/mol. The van der Waals surface area contributed by atoms with Gasteiger partial charge in [0.15, 0.2) is 0 Å². The summed E-state index contributed by atoms with van der Waals surface area (Å²) in [7, 11) is 0. The molecule has 0 radical (unpaired) electrons. The number of fused-ring (bicyclic) bond motifs is 1. The minimum Gasteiger partial charge on any atom is -0.459 e. The molecule has 0 amide bonds. The maximum atomic E-state index is 12.1. The number of hydrogen-bond acceptors (Lipinski definition) is 8. The fourth-order valence-electron chi connectivity index (χ4n) is 1.77. The molecule has 0 aliphatic rings. The van der Waals surface area contributed by atoms with Crippen LogP contribution in [0.25, 0.3) is 10.2 Å². The Morgan fingerprint density at radius 2 is 2.32 bits per heavy atom. The summed E-state index contributed by atoms with van der Waals surface area (Å²) in [6, 6.07) is 1.72. The first kappa shape index (κ1) is 15.1. The van der Waals surface area contributed by atoms with E-state index in [0.29, 0.717) is 20.2 Å². The summed E-state index contributed by atoms with van der Waals surface area (Å²) < 4.78 is 10.5. The highest BCUT2D eigenvalue weighted by molar-refractivity contribution is 7.16. The molecule has 0 spiro atoms. The topological polar surface area (TPSA) is 87.0 Å². The van der Waals surface area contributed by atoms with Gasteiger partial charge in [0.05, 0.1) is 18.1 Å². The van der Waals surface area contributed by atoms with Crippen molar-refractivity contribution in [1.29, 1.82) is 0 Å². The van der Waals surface area contributed by atoms with Crippen LogP contribution in [0, 0.1) is 0 Å². The van der Waals surface area contributed by atoms with Crippen LogP contribution in [0.1, 0.15) is 12.1 Å². The van der Waals surface area contributed by atoms with Crippen LogP contribution in [0.3, 0.4) is 0 Å². The van der Waals surface area contributed by atoms with Gasteiger partial charge >= 0.3 is 5.97 Å². The van der Waals surface area contributed by atoms with Crippen LogP contribution in [-0.2, 0) is 22.7 Å². The van der Waals surface area contributed by atoms with Gasteiger partial charge in [0.1, 0.15) is 21.5 Å². The molecule has 0 N–H and O–H groups in total. The number of aromatic nitrogens is 4. The quantitative estimate of drug-likeness (QED) is 0.650. The molecule has 114 valence electrons. The fourth-order valence-corrected chi connectivity index (χ4v) is 3.09. The molecule has 0 aromatic carbocycles. The molecule has 0 unspecified atom stereocenters. The number of rotatable bonds is 5. The SMILES string of the molecule is O=C(CCn1cnc2sccc2c1=O)OCc1nnsc1Cl. The number of ether oxygens (including phenoxy) is 1. The summed E-state index contributed by atoms with van der Waals surface area (Å²) in [4.78, 5) is 28.7. The van der Waals surface area contributed by atoms with Crippen LogP contribution in [0.5, 0.6) is 0 Å². The third kappa shape index (κ3) is 3.16. The lowest BCUT2D eigenvalue weighted by Gasteiger charge is -2.05. The molecule has 10 heteroatoms. The van der Waals surface area contributed by atoms with Crippen LogP contribution < -0.4 is 5.56 Å². The Kier molecular flexibility index (Phi) is 4.46. The maximum Gasteiger partial charge on any atom is 0.307 e. The van der Waals surface area contributed by atoms with E-state index >= 15 is 0 Å². The van der Waals surface area contributed by atoms with Gasteiger partial charge < -0.3 is 4.74 Å². The summed E-state index contributed by atoms with van der Waals surface area (Å²) >= 11 is 8.24. The molecular formula is C12H9ClN4O3S2. The third-order valence-electron chi connectivity index (χ3n) is 2.89. The number of aryl methyl sites for hydroxylation is 1. The van der Waals surface area contributed by atoms with Crippen molar-refractivity contribution < 1.29 is 9.53 Å². The average molecular weight is 357 g/mol. The second kappa shape index (κ2) is 6.51. The Morgan fingerprint density at radius 3 is 3.09 bits per heavy atom. The van der Waals surface area contributed by atoms with Crippen LogP contribution in [0.2, 0.25) is 4.34 Å². The zero-order valence-corrected chi connectivity index (χ0v) is 13.5. The lowest BCUT2D eigenvalue weighted by atomic mass is 10.4. The largest absolute Gasteiger partial charge is 0.459 e. The van der Waals surface area contributed by atoms with Crippen molar-refractivity contribution in [1.82, 2.24) is 19.1 Å². The second-order valence-corrected chi connectivity index (χ2v) is 6.54. The molecule has 7 nitrogen and oxygen atoms in total. The van der Waals surface area contributed by atoms with E-state index in [1.807, 2.05) is 5.38 Å². The van der Waals surface area contributed by atoms with Gasteiger partial charge in [-0.15, -0.1) is 16.4 Å². The Morgan fingerprint density at radius 1 is 1.45 bits per heavy atom. The number of thiophene rings is 1. The molecule has 0 aliphatic heterocycles.